The Bertz CT molecular complexity index is 704. The van der Waals surface area contributed by atoms with Crippen molar-refractivity contribution in [2.75, 3.05) is 31.4 Å². The Morgan fingerprint density at radius 1 is 1.13 bits per heavy atom. The summed E-state index contributed by atoms with van der Waals surface area (Å²) in [7, 11) is 4.41. The lowest BCUT2D eigenvalue weighted by Crippen LogP contribution is -2.16. The van der Waals surface area contributed by atoms with Crippen LogP contribution in [-0.2, 0) is 6.18 Å². The van der Waals surface area contributed by atoms with Gasteiger partial charge in [0.05, 0.1) is 7.11 Å². The first-order valence-corrected chi connectivity index (χ1v) is 6.45. The summed E-state index contributed by atoms with van der Waals surface area (Å²) >= 11 is 0. The predicted octanol–water partition coefficient (Wildman–Crippen LogP) is 3.45. The minimum atomic E-state index is -4.61. The fourth-order valence-corrected chi connectivity index (χ4v) is 1.73. The van der Waals surface area contributed by atoms with E-state index in [-0.39, 0.29) is 17.5 Å². The molecule has 0 spiro atoms. The van der Waals surface area contributed by atoms with Crippen molar-refractivity contribution >= 4 is 17.5 Å². The molecule has 5 nitrogen and oxygen atoms in total. The summed E-state index contributed by atoms with van der Waals surface area (Å²) in [5.74, 6) is -0.798. The number of alkyl halides is 3. The van der Waals surface area contributed by atoms with E-state index in [9.17, 15) is 17.6 Å². The van der Waals surface area contributed by atoms with Crippen LogP contribution in [-0.4, -0.2) is 31.2 Å². The van der Waals surface area contributed by atoms with Crippen LogP contribution < -0.4 is 15.0 Å². The van der Waals surface area contributed by atoms with Crippen molar-refractivity contribution < 1.29 is 22.3 Å². The number of methoxy groups -OCH3 is 1. The van der Waals surface area contributed by atoms with E-state index in [0.717, 1.165) is 12.1 Å². The van der Waals surface area contributed by atoms with Gasteiger partial charge in [0.25, 0.3) is 0 Å². The number of hydrogen-bond acceptors (Lipinski definition) is 5. The van der Waals surface area contributed by atoms with E-state index in [1.807, 2.05) is 0 Å². The van der Waals surface area contributed by atoms with E-state index in [1.165, 1.54) is 24.1 Å². The van der Waals surface area contributed by atoms with E-state index >= 15 is 0 Å². The number of benzene rings is 1. The first kappa shape index (κ1) is 16.8. The predicted molar refractivity (Wildman–Crippen MR) is 77.6 cm³/mol. The number of anilines is 3. The normalized spacial score (nSPS) is 11.3. The Kier molecular flexibility index (Phi) is 4.57. The highest BCUT2D eigenvalue weighted by atomic mass is 19.4. The van der Waals surface area contributed by atoms with Gasteiger partial charge < -0.3 is 15.0 Å². The van der Waals surface area contributed by atoms with Gasteiger partial charge in [-0.15, -0.1) is 0 Å². The van der Waals surface area contributed by atoms with Gasteiger partial charge in [0.2, 0.25) is 5.95 Å². The number of hydrogen-bond donors (Lipinski definition) is 1. The average molecular weight is 330 g/mol. The topological polar surface area (TPSA) is 50.3 Å². The van der Waals surface area contributed by atoms with Crippen molar-refractivity contribution in [3.05, 3.63) is 35.8 Å². The Morgan fingerprint density at radius 2 is 1.83 bits per heavy atom. The van der Waals surface area contributed by atoms with Gasteiger partial charge in [-0.2, -0.15) is 18.2 Å². The minimum Gasteiger partial charge on any atom is -0.494 e. The Hall–Kier alpha value is -2.58. The van der Waals surface area contributed by atoms with Gasteiger partial charge in [-0.3, -0.25) is 0 Å². The summed E-state index contributed by atoms with van der Waals surface area (Å²) in [6.45, 7) is 0. The molecule has 0 radical (unpaired) electrons. The van der Waals surface area contributed by atoms with E-state index in [2.05, 4.69) is 15.3 Å². The van der Waals surface area contributed by atoms with E-state index in [0.29, 0.717) is 5.69 Å². The SMILES string of the molecule is COc1cc(Nc2nc(N(C)C)cc(C(F)(F)F)n2)ccc1F. The highest BCUT2D eigenvalue weighted by molar-refractivity contribution is 5.58. The van der Waals surface area contributed by atoms with Gasteiger partial charge in [-0.05, 0) is 12.1 Å². The number of rotatable bonds is 4. The standard InChI is InChI=1S/C14H14F4N4O/c1-22(2)12-7-11(14(16,17)18)20-13(21-12)19-8-4-5-9(15)10(6-8)23-3/h4-7H,1-3H3,(H,19,20,21). The number of aromatic nitrogens is 2. The summed E-state index contributed by atoms with van der Waals surface area (Å²) in [6.07, 6.45) is -4.61. The molecule has 2 rings (SSSR count). The quantitative estimate of drug-likeness (QED) is 0.870. The van der Waals surface area contributed by atoms with Crippen molar-refractivity contribution in [1.29, 1.82) is 0 Å². The molecule has 0 bridgehead atoms. The van der Waals surface area contributed by atoms with Crippen LogP contribution in [0.4, 0.5) is 35.0 Å². The van der Waals surface area contributed by atoms with Crippen LogP contribution in [0.2, 0.25) is 0 Å². The zero-order valence-corrected chi connectivity index (χ0v) is 12.6. The Labute approximate surface area is 129 Å². The summed E-state index contributed by atoms with van der Waals surface area (Å²) < 4.78 is 56.9. The smallest absolute Gasteiger partial charge is 0.433 e. The van der Waals surface area contributed by atoms with Gasteiger partial charge in [0.1, 0.15) is 5.82 Å². The van der Waals surface area contributed by atoms with Crippen molar-refractivity contribution in [2.24, 2.45) is 0 Å². The van der Waals surface area contributed by atoms with Gasteiger partial charge in [-0.1, -0.05) is 0 Å². The first-order valence-electron chi connectivity index (χ1n) is 6.45. The molecule has 1 heterocycles. The van der Waals surface area contributed by atoms with Crippen molar-refractivity contribution in [3.8, 4) is 5.75 Å². The lowest BCUT2D eigenvalue weighted by molar-refractivity contribution is -0.141. The third kappa shape index (κ3) is 3.99. The van der Waals surface area contributed by atoms with E-state index in [4.69, 9.17) is 4.74 Å². The molecule has 0 aliphatic rings. The van der Waals surface area contributed by atoms with Gasteiger partial charge >= 0.3 is 6.18 Å². The van der Waals surface area contributed by atoms with Crippen LogP contribution in [0.1, 0.15) is 5.69 Å². The summed E-state index contributed by atoms with van der Waals surface area (Å²) in [5.41, 5.74) is -0.778. The molecule has 23 heavy (non-hydrogen) atoms. The molecule has 0 saturated heterocycles. The van der Waals surface area contributed by atoms with E-state index in [1.54, 1.807) is 14.1 Å². The molecule has 1 N–H and O–H groups in total. The van der Waals surface area contributed by atoms with E-state index < -0.39 is 17.7 Å². The monoisotopic (exact) mass is 330 g/mol. The summed E-state index contributed by atoms with van der Waals surface area (Å²) in [5, 5.41) is 2.62. The van der Waals surface area contributed by atoms with Crippen molar-refractivity contribution in [2.45, 2.75) is 6.18 Å². The lowest BCUT2D eigenvalue weighted by Gasteiger charge is -2.16. The van der Waals surface area contributed by atoms with Crippen LogP contribution >= 0.6 is 0 Å². The highest BCUT2D eigenvalue weighted by Crippen LogP contribution is 2.31. The number of halogens is 4. The highest BCUT2D eigenvalue weighted by Gasteiger charge is 2.34. The fourth-order valence-electron chi connectivity index (χ4n) is 1.73. The summed E-state index contributed by atoms with van der Waals surface area (Å²) in [4.78, 5) is 8.86. The molecule has 2 aromatic rings. The zero-order chi connectivity index (χ0) is 17.2. The fraction of sp³-hybridized carbons (Fsp3) is 0.286. The Morgan fingerprint density at radius 3 is 2.39 bits per heavy atom. The maximum absolute atomic E-state index is 13.4. The maximum atomic E-state index is 13.4. The molecule has 124 valence electrons. The molecule has 0 unspecified atom stereocenters. The summed E-state index contributed by atoms with van der Waals surface area (Å²) in [6, 6.07) is 4.61. The molecule has 0 atom stereocenters. The van der Waals surface area contributed by atoms with Gasteiger partial charge in [0, 0.05) is 31.9 Å². The molecule has 1 aromatic carbocycles. The molecule has 0 amide bonds. The van der Waals surface area contributed by atoms with Crippen LogP contribution in [0.3, 0.4) is 0 Å². The number of nitrogens with zero attached hydrogens (tertiary/aromatic N) is 3. The van der Waals surface area contributed by atoms with Gasteiger partial charge in [-0.25, -0.2) is 9.37 Å². The van der Waals surface area contributed by atoms with Gasteiger partial charge in [0.15, 0.2) is 17.3 Å². The molecule has 0 saturated carbocycles. The molecule has 0 aliphatic carbocycles. The van der Waals surface area contributed by atoms with Crippen LogP contribution in [0.5, 0.6) is 5.75 Å². The van der Waals surface area contributed by atoms with Crippen molar-refractivity contribution in [3.63, 3.8) is 0 Å². The first-order chi connectivity index (χ1) is 10.7. The molecule has 1 aromatic heterocycles. The molecule has 0 aliphatic heterocycles. The third-order valence-electron chi connectivity index (χ3n) is 2.87. The second-order valence-corrected chi connectivity index (χ2v) is 4.80. The second kappa shape index (κ2) is 6.27. The number of ether oxygens (including phenoxy) is 1. The van der Waals surface area contributed by atoms with Crippen LogP contribution in [0.25, 0.3) is 0 Å². The Balaban J connectivity index is 2.41. The minimum absolute atomic E-state index is 0.0465. The maximum Gasteiger partial charge on any atom is 0.433 e. The lowest BCUT2D eigenvalue weighted by atomic mass is 10.3. The van der Waals surface area contributed by atoms with Crippen LogP contribution in [0, 0.1) is 5.82 Å². The van der Waals surface area contributed by atoms with Crippen molar-refractivity contribution in [1.82, 2.24) is 9.97 Å². The third-order valence-corrected chi connectivity index (χ3v) is 2.87. The van der Waals surface area contributed by atoms with Crippen LogP contribution in [0.15, 0.2) is 24.3 Å². The number of nitrogens with one attached hydrogen (secondary N) is 1. The molecule has 9 heteroatoms. The molecular formula is C14H14F4N4O. The molecule has 0 fully saturated rings. The largest absolute Gasteiger partial charge is 0.494 e. The zero-order valence-electron chi connectivity index (χ0n) is 12.6. The second-order valence-electron chi connectivity index (χ2n) is 4.80. The molecular weight excluding hydrogens is 316 g/mol. The average Bonchev–Trinajstić information content (AvgIpc) is 2.48.